The van der Waals surface area contributed by atoms with Gasteiger partial charge in [-0.2, -0.15) is 0 Å². The Bertz CT molecular complexity index is 633. The van der Waals surface area contributed by atoms with Crippen LogP contribution in [0.15, 0.2) is 27.4 Å². The summed E-state index contributed by atoms with van der Waals surface area (Å²) in [5.74, 6) is 0.285. The van der Waals surface area contributed by atoms with E-state index in [0.29, 0.717) is 11.5 Å². The van der Waals surface area contributed by atoms with Gasteiger partial charge in [0.25, 0.3) is 0 Å². The highest BCUT2D eigenvalue weighted by Gasteiger charge is 2.18. The number of hydrogen-bond acceptors (Lipinski definition) is 3. The molecule has 0 aliphatic carbocycles. The summed E-state index contributed by atoms with van der Waals surface area (Å²) in [4.78, 5) is 11.9. The lowest BCUT2D eigenvalue weighted by Crippen LogP contribution is -2.28. The van der Waals surface area contributed by atoms with Crippen molar-refractivity contribution in [1.29, 1.82) is 0 Å². The van der Waals surface area contributed by atoms with Gasteiger partial charge in [-0.1, -0.05) is 6.07 Å². The van der Waals surface area contributed by atoms with Crippen molar-refractivity contribution in [1.82, 2.24) is 9.88 Å². The highest BCUT2D eigenvalue weighted by molar-refractivity contribution is 5.74. The molecular formula is C15H20N2O2. The van der Waals surface area contributed by atoms with Crippen LogP contribution in [0.5, 0.6) is 0 Å². The monoisotopic (exact) mass is 260 g/mol. The largest absolute Gasteiger partial charge is 0.420 e. The highest BCUT2D eigenvalue weighted by atomic mass is 16.4. The molecule has 0 bridgehead atoms. The first-order valence-corrected chi connectivity index (χ1v) is 7.02. The van der Waals surface area contributed by atoms with E-state index in [1.54, 1.807) is 4.57 Å². The molecule has 4 heteroatoms. The lowest BCUT2D eigenvalue weighted by atomic mass is 9.91. The summed E-state index contributed by atoms with van der Waals surface area (Å²) in [5, 5.41) is 3.43. The molecule has 2 aromatic rings. The normalized spacial score (nSPS) is 20.3. The summed E-state index contributed by atoms with van der Waals surface area (Å²) < 4.78 is 7.03. The third kappa shape index (κ3) is 2.21. The minimum Gasteiger partial charge on any atom is -0.408 e. The predicted molar refractivity (Wildman–Crippen MR) is 75.7 cm³/mol. The van der Waals surface area contributed by atoms with Gasteiger partial charge in [-0.05, 0) is 56.8 Å². The maximum atomic E-state index is 11.9. The smallest absolute Gasteiger partial charge is 0.408 e. The van der Waals surface area contributed by atoms with Crippen molar-refractivity contribution in [2.24, 2.45) is 0 Å². The summed E-state index contributed by atoms with van der Waals surface area (Å²) in [7, 11) is 0. The fourth-order valence-electron chi connectivity index (χ4n) is 2.93. The lowest BCUT2D eigenvalue weighted by molar-refractivity contribution is 0.461. The summed E-state index contributed by atoms with van der Waals surface area (Å²) in [6, 6.07) is 6.26. The van der Waals surface area contributed by atoms with E-state index in [2.05, 4.69) is 17.4 Å². The molecule has 1 atom stereocenters. The van der Waals surface area contributed by atoms with Crippen LogP contribution in [-0.4, -0.2) is 17.7 Å². The molecule has 0 spiro atoms. The number of rotatable bonds is 2. The fourth-order valence-corrected chi connectivity index (χ4v) is 2.93. The molecule has 0 radical (unpaired) electrons. The minimum absolute atomic E-state index is 0.119. The van der Waals surface area contributed by atoms with Crippen molar-refractivity contribution in [2.75, 3.05) is 13.1 Å². The summed E-state index contributed by atoms with van der Waals surface area (Å²) in [5.41, 5.74) is 2.91. The Morgan fingerprint density at radius 3 is 2.95 bits per heavy atom. The number of nitrogens with zero attached hydrogens (tertiary/aromatic N) is 1. The van der Waals surface area contributed by atoms with Crippen molar-refractivity contribution in [3.8, 4) is 0 Å². The number of nitrogens with one attached hydrogen (secondary N) is 1. The Hall–Kier alpha value is -1.55. The number of aromatic nitrogens is 1. The summed E-state index contributed by atoms with van der Waals surface area (Å²) in [6.07, 6.45) is 2.42. The molecule has 1 aliphatic heterocycles. The highest BCUT2D eigenvalue weighted by Crippen LogP contribution is 2.27. The Morgan fingerprint density at radius 1 is 1.42 bits per heavy atom. The standard InChI is InChI=1S/C15H20N2O2/c1-10(2)17-13-8-11(12-4-3-7-16-9-12)5-6-14(13)19-15(17)18/h5-6,8,10,12,16H,3-4,7,9H2,1-2H3. The van der Waals surface area contributed by atoms with Gasteiger partial charge in [0.1, 0.15) is 0 Å². The quantitative estimate of drug-likeness (QED) is 0.903. The number of fused-ring (bicyclic) bond motifs is 1. The van der Waals surface area contributed by atoms with E-state index in [4.69, 9.17) is 4.42 Å². The van der Waals surface area contributed by atoms with Crippen LogP contribution in [-0.2, 0) is 0 Å². The molecule has 19 heavy (non-hydrogen) atoms. The van der Waals surface area contributed by atoms with Gasteiger partial charge >= 0.3 is 5.76 Å². The minimum atomic E-state index is -0.260. The molecule has 1 N–H and O–H groups in total. The van der Waals surface area contributed by atoms with Gasteiger partial charge in [0, 0.05) is 12.6 Å². The molecule has 1 fully saturated rings. The number of benzene rings is 1. The van der Waals surface area contributed by atoms with Gasteiger partial charge in [-0.15, -0.1) is 0 Å². The van der Waals surface area contributed by atoms with Crippen molar-refractivity contribution in [2.45, 2.75) is 38.6 Å². The van der Waals surface area contributed by atoms with Gasteiger partial charge in [-0.25, -0.2) is 4.79 Å². The van der Waals surface area contributed by atoms with Gasteiger partial charge in [0.05, 0.1) is 5.52 Å². The first kappa shape index (κ1) is 12.5. The van der Waals surface area contributed by atoms with E-state index in [1.165, 1.54) is 18.4 Å². The molecule has 102 valence electrons. The Kier molecular flexibility index (Phi) is 3.19. The van der Waals surface area contributed by atoms with Crippen LogP contribution in [0.2, 0.25) is 0 Å². The van der Waals surface area contributed by atoms with Crippen LogP contribution in [0.4, 0.5) is 0 Å². The second kappa shape index (κ2) is 4.85. The molecule has 1 aromatic heterocycles. The van der Waals surface area contributed by atoms with Crippen LogP contribution in [0, 0.1) is 0 Å². The third-order valence-electron chi connectivity index (χ3n) is 3.92. The first-order chi connectivity index (χ1) is 9.16. The summed E-state index contributed by atoms with van der Waals surface area (Å²) in [6.45, 7) is 6.15. The Morgan fingerprint density at radius 2 is 2.26 bits per heavy atom. The average Bonchev–Trinajstić information content (AvgIpc) is 2.74. The molecule has 1 unspecified atom stereocenters. The lowest BCUT2D eigenvalue weighted by Gasteiger charge is -2.23. The van der Waals surface area contributed by atoms with Crippen molar-refractivity contribution in [3.05, 3.63) is 34.3 Å². The van der Waals surface area contributed by atoms with Crippen LogP contribution < -0.4 is 11.1 Å². The van der Waals surface area contributed by atoms with Crippen LogP contribution >= 0.6 is 0 Å². The molecule has 0 saturated carbocycles. The van der Waals surface area contributed by atoms with Crippen molar-refractivity contribution in [3.63, 3.8) is 0 Å². The zero-order valence-electron chi connectivity index (χ0n) is 11.5. The van der Waals surface area contributed by atoms with Crippen molar-refractivity contribution >= 4 is 11.1 Å². The molecule has 1 aromatic carbocycles. The molecule has 1 saturated heterocycles. The molecule has 2 heterocycles. The molecular weight excluding hydrogens is 240 g/mol. The SMILES string of the molecule is CC(C)n1c(=O)oc2ccc(C3CCCNC3)cc21. The van der Waals surface area contributed by atoms with E-state index < -0.39 is 0 Å². The fraction of sp³-hybridized carbons (Fsp3) is 0.533. The van der Waals surface area contributed by atoms with E-state index in [9.17, 15) is 4.79 Å². The summed E-state index contributed by atoms with van der Waals surface area (Å²) >= 11 is 0. The third-order valence-corrected chi connectivity index (χ3v) is 3.92. The average molecular weight is 260 g/mol. The zero-order chi connectivity index (χ0) is 13.4. The van der Waals surface area contributed by atoms with E-state index >= 15 is 0 Å². The Labute approximate surface area is 112 Å². The molecule has 0 amide bonds. The number of piperidine rings is 1. The second-order valence-corrected chi connectivity index (χ2v) is 5.60. The maximum Gasteiger partial charge on any atom is 0.420 e. The number of oxazole rings is 1. The second-order valence-electron chi connectivity index (χ2n) is 5.60. The van der Waals surface area contributed by atoms with Gasteiger partial charge in [0.15, 0.2) is 5.58 Å². The van der Waals surface area contributed by atoms with Crippen LogP contribution in [0.1, 0.15) is 44.2 Å². The van der Waals surface area contributed by atoms with Crippen LogP contribution in [0.25, 0.3) is 11.1 Å². The first-order valence-electron chi connectivity index (χ1n) is 7.02. The Balaban J connectivity index is 2.08. The predicted octanol–water partition coefficient (Wildman–Crippen LogP) is 2.64. The van der Waals surface area contributed by atoms with E-state index in [-0.39, 0.29) is 11.8 Å². The molecule has 3 rings (SSSR count). The molecule has 4 nitrogen and oxygen atoms in total. The van der Waals surface area contributed by atoms with Gasteiger partial charge in [-0.3, -0.25) is 4.57 Å². The van der Waals surface area contributed by atoms with Gasteiger partial charge in [0.2, 0.25) is 0 Å². The van der Waals surface area contributed by atoms with E-state index in [0.717, 1.165) is 18.6 Å². The topological polar surface area (TPSA) is 47.2 Å². The maximum absolute atomic E-state index is 11.9. The van der Waals surface area contributed by atoms with Crippen molar-refractivity contribution < 1.29 is 4.42 Å². The van der Waals surface area contributed by atoms with E-state index in [1.807, 2.05) is 19.9 Å². The molecule has 1 aliphatic rings. The zero-order valence-corrected chi connectivity index (χ0v) is 11.5. The van der Waals surface area contributed by atoms with Gasteiger partial charge < -0.3 is 9.73 Å². The number of hydrogen-bond donors (Lipinski definition) is 1. The van der Waals surface area contributed by atoms with Crippen LogP contribution in [0.3, 0.4) is 0 Å².